The normalized spacial score (nSPS) is 11.3. The average Bonchev–Trinajstić information content (AvgIpc) is 1.17. The summed E-state index contributed by atoms with van der Waals surface area (Å²) in [7, 11) is -8.65. The van der Waals surface area contributed by atoms with E-state index in [9.17, 15) is 26.0 Å². The number of hydrogen-bond acceptors (Lipinski definition) is 17. The second-order valence-corrected chi connectivity index (χ2v) is 36.7. The van der Waals surface area contributed by atoms with E-state index in [1.807, 2.05) is 195 Å². The lowest BCUT2D eigenvalue weighted by Gasteiger charge is -2.26. The van der Waals surface area contributed by atoms with Gasteiger partial charge in [0.2, 0.25) is 10.0 Å². The fraction of sp³-hybridized carbons (Fsp3) is 0.198. The lowest BCUT2D eigenvalue weighted by molar-refractivity contribution is 0.0689. The Bertz CT molecular complexity index is 7030. The molecule has 0 saturated heterocycles. The van der Waals surface area contributed by atoms with Crippen LogP contribution in [0.25, 0.3) is 22.3 Å². The molecule has 0 N–H and O–H groups in total. The number of nitrogens with zero attached hydrogens (tertiary/aromatic N) is 16. The predicted octanol–water partition coefficient (Wildman–Crippen LogP) is 22.1. The maximum atomic E-state index is 15.6. The Morgan fingerprint density at radius 2 is 1.08 bits per heavy atom. The van der Waals surface area contributed by atoms with E-state index in [0.29, 0.717) is 111 Å². The van der Waals surface area contributed by atoms with Gasteiger partial charge >= 0.3 is 0 Å². The first-order chi connectivity index (χ1) is 63.1. The zero-order chi connectivity index (χ0) is 92.5. The van der Waals surface area contributed by atoms with Crippen molar-refractivity contribution in [2.45, 2.75) is 137 Å². The topological polar surface area (TPSA) is 272 Å². The van der Waals surface area contributed by atoms with Gasteiger partial charge in [0.05, 0.1) is 79.3 Å². The number of carbonyl (C=O) groups is 1. The third-order valence-corrected chi connectivity index (χ3v) is 26.7. The van der Waals surface area contributed by atoms with Crippen LogP contribution in [0.5, 0.6) is 11.5 Å². The van der Waals surface area contributed by atoms with Crippen LogP contribution in [-0.4, -0.2) is 97.7 Å². The highest BCUT2D eigenvalue weighted by Gasteiger charge is 2.34. The number of furan rings is 1. The molecule has 7 aromatic heterocycles. The lowest BCUT2D eigenvalue weighted by Crippen LogP contribution is -2.33. The highest BCUT2D eigenvalue weighted by Crippen LogP contribution is 2.37. The van der Waals surface area contributed by atoms with Crippen LogP contribution < -0.4 is 9.04 Å². The zero-order valence-corrected chi connectivity index (χ0v) is 77.3. The molecule has 0 fully saturated rings. The van der Waals surface area contributed by atoms with Crippen molar-refractivity contribution < 1.29 is 44.0 Å². The van der Waals surface area contributed by atoms with Crippen LogP contribution >= 0.6 is 39.1 Å². The molecule has 0 saturated carbocycles. The summed E-state index contributed by atoms with van der Waals surface area (Å²) in [6.45, 7) is 14.5. The number of sulfonamides is 2. The molecule has 0 radical (unpaired) electrons. The van der Waals surface area contributed by atoms with E-state index in [1.54, 1.807) is 109 Å². The summed E-state index contributed by atoms with van der Waals surface area (Å²) in [5.41, 5.74) is 14.0. The van der Waals surface area contributed by atoms with Crippen molar-refractivity contribution >= 4 is 70.8 Å². The van der Waals surface area contributed by atoms with Crippen LogP contribution in [0.15, 0.2) is 292 Å². The number of ether oxygens (including phenoxy) is 1. The number of para-hydroxylation sites is 1. The van der Waals surface area contributed by atoms with Gasteiger partial charge in [0, 0.05) is 51.5 Å². The van der Waals surface area contributed by atoms with Gasteiger partial charge in [0.25, 0.3) is 15.9 Å². The number of unbranched alkanes of at least 4 members (excludes halogenated alkanes) is 1. The Morgan fingerprint density at radius 3 is 1.70 bits per heavy atom. The average molecular weight is 1920 g/mol. The molecule has 0 aliphatic carbocycles. The molecule has 23 nitrogen and oxygen atoms in total. The van der Waals surface area contributed by atoms with Crippen molar-refractivity contribution in [2.75, 3.05) is 10.8 Å². The summed E-state index contributed by atoms with van der Waals surface area (Å²) in [4.78, 5) is 28.2. The highest BCUT2D eigenvalue weighted by atomic mass is 79.9. The van der Waals surface area contributed by atoms with Gasteiger partial charge in [-0.05, 0) is 279 Å². The molecule has 9 aromatic carbocycles. The number of aromatic nitrogens is 12. The third-order valence-electron chi connectivity index (χ3n) is 21.7. The summed E-state index contributed by atoms with van der Waals surface area (Å²) in [5.74, 6) is 0.883. The van der Waals surface area contributed by atoms with Gasteiger partial charge in [-0.2, -0.15) is 9.57 Å². The summed E-state index contributed by atoms with van der Waals surface area (Å²) in [5, 5.41) is 35.6. The molecule has 674 valence electrons. The largest absolute Gasteiger partial charge is 0.457 e. The molecule has 7 heterocycles. The van der Waals surface area contributed by atoms with Gasteiger partial charge in [-0.3, -0.25) is 24.1 Å². The van der Waals surface area contributed by atoms with E-state index in [2.05, 4.69) is 57.6 Å². The Morgan fingerprint density at radius 1 is 0.492 bits per heavy atom. The Kier molecular flexibility index (Phi) is 31.9. The first-order valence-electron chi connectivity index (χ1n) is 41.8. The molecule has 0 bridgehead atoms. The number of anilines is 1. The van der Waals surface area contributed by atoms with E-state index in [4.69, 9.17) is 47.6 Å². The van der Waals surface area contributed by atoms with Gasteiger partial charge in [-0.15, -0.1) is 30.6 Å². The van der Waals surface area contributed by atoms with E-state index in [0.717, 1.165) is 102 Å². The quantitative estimate of drug-likeness (QED) is 0.0365. The van der Waals surface area contributed by atoms with Crippen LogP contribution in [-0.2, 0) is 78.7 Å². The molecule has 1 amide bonds. The van der Waals surface area contributed by atoms with Gasteiger partial charge in [0.15, 0.2) is 22.1 Å². The van der Waals surface area contributed by atoms with Crippen molar-refractivity contribution in [3.8, 4) is 39.8 Å². The number of benzene rings is 9. The molecule has 16 aromatic rings. The predicted molar refractivity (Wildman–Crippen MR) is 507 cm³/mol. The molecule has 16 rings (SSSR count). The molecule has 0 spiro atoms. The fourth-order valence-electron chi connectivity index (χ4n) is 14.6. The van der Waals surface area contributed by atoms with Gasteiger partial charge in [-0.25, -0.2) is 30.0 Å². The number of rotatable bonds is 31. The second-order valence-electron chi connectivity index (χ2n) is 31.4. The molecule has 31 heteroatoms. The molecular weight excluding hydrogens is 1820 g/mol. The number of halogens is 6. The zero-order valence-electron chi connectivity index (χ0n) is 72.6. The van der Waals surface area contributed by atoms with E-state index in [-0.39, 0.29) is 68.1 Å². The minimum absolute atomic E-state index is 0. The Hall–Kier alpha value is -13.6. The van der Waals surface area contributed by atoms with Crippen LogP contribution in [0.1, 0.15) is 133 Å². The molecule has 0 aliphatic rings. The number of nitriles is 1. The minimum atomic E-state index is -4.49. The van der Waals surface area contributed by atoms with E-state index >= 15 is 8.78 Å². The lowest BCUT2D eigenvalue weighted by atomic mass is 10.0. The first kappa shape index (κ1) is 96.0. The summed E-state index contributed by atoms with van der Waals surface area (Å²) in [6, 6.07) is 78.4. The molecule has 0 aliphatic heterocycles. The van der Waals surface area contributed by atoms with Gasteiger partial charge in [0.1, 0.15) is 58.1 Å². The van der Waals surface area contributed by atoms with Crippen molar-refractivity contribution in [3.05, 3.63) is 413 Å². The van der Waals surface area contributed by atoms with Crippen LogP contribution in [0.2, 0.25) is 10.0 Å². The van der Waals surface area contributed by atoms with Gasteiger partial charge < -0.3 is 27.8 Å². The standard InChI is InChI=1S/C43H39ClN6O3S.C33H32ClF2N5O2S.C24H19BrFN5O2.CH4/c1-29-16-17-34(25-40(29)44)33-18-23-41(30(2)24-33)54(51,52)50(37-19-21-39(22-20-37)53-38-14-6-5-7-15-38)28-43-48-47-42(26-35-12-8-10-31(3)45-35)49(43)27-36-13-9-11-32(4)46-36;1-23-14-15-26(17-29(23)34)28-18-31(36)32(19-30(28)35)44(42,43)41(16-7-6-12-25-10-4-3-5-11-25)21-33-39-37-22-40(33)20-27-13-8-9-24(2)38-27;1-16-10-20(26)7-6-19(16)13-30(24(32)21-8-9-22(25)33-21)14-23-29-28-15-31(23)12-18-4-2-17(11-27)3-5-18;/h5-25H,26-28H2,1-4H3;3-5,8-11,13-15,17-19,22H,6-7,12,16,20-21H2,1-2H3;2-10,15H,12-14H2,1H3;1H4. The number of amides is 1. The molecular formula is C101H94BrCl2F3N16O7S2. The van der Waals surface area contributed by atoms with Crippen molar-refractivity contribution in [3.63, 3.8) is 0 Å². The van der Waals surface area contributed by atoms with Crippen LogP contribution in [0.3, 0.4) is 0 Å². The maximum absolute atomic E-state index is 15.6. The summed E-state index contributed by atoms with van der Waals surface area (Å²) < 4.78 is 122. The van der Waals surface area contributed by atoms with E-state index < -0.39 is 36.6 Å². The Labute approximate surface area is 784 Å². The van der Waals surface area contributed by atoms with Crippen molar-refractivity contribution in [2.24, 2.45) is 0 Å². The molecule has 0 atom stereocenters. The third kappa shape index (κ3) is 24.5. The van der Waals surface area contributed by atoms with Crippen molar-refractivity contribution in [1.82, 2.24) is 68.5 Å². The maximum Gasteiger partial charge on any atom is 0.290 e. The number of carbonyl (C=O) groups excluding carboxylic acids is 1. The smallest absolute Gasteiger partial charge is 0.290 e. The fourth-order valence-corrected chi connectivity index (χ4v) is 18.4. The second kappa shape index (κ2) is 43.9. The first-order valence-corrected chi connectivity index (χ1v) is 46.2. The highest BCUT2D eigenvalue weighted by molar-refractivity contribution is 9.10. The van der Waals surface area contributed by atoms with Crippen LogP contribution in [0, 0.1) is 77.2 Å². The summed E-state index contributed by atoms with van der Waals surface area (Å²) in [6.07, 6.45) is 5.44. The minimum Gasteiger partial charge on any atom is -0.457 e. The molecule has 0 unspecified atom stereocenters. The SMILES string of the molecule is C.Cc1cc(F)ccc1CN(Cc1nncn1Cc1ccc(C#N)cc1)C(=O)c1ccc(Br)o1.Cc1cccc(Cc2nnc(CN(c3ccc(Oc4ccccc4)cc3)S(=O)(=O)c3ccc(-c4ccc(C)c(Cl)c4)cc3C)n2Cc2cccc(C)n2)n1.Cc1cccc(Cn2cnnc2CN(CCCCc2ccccc2)S(=O)(=O)c2cc(F)c(-c3ccc(C)c(Cl)c3)cc2F)n1. The number of aryl methyl sites for hydroxylation is 8. The molecule has 132 heavy (non-hydrogen) atoms. The van der Waals surface area contributed by atoms with E-state index in [1.165, 1.54) is 28.8 Å². The number of hydrogen-bond donors (Lipinski definition) is 0. The monoisotopic (exact) mass is 1910 g/mol. The summed E-state index contributed by atoms with van der Waals surface area (Å²) >= 11 is 15.9. The van der Waals surface area contributed by atoms with Crippen molar-refractivity contribution in [1.29, 1.82) is 5.26 Å². The Balaban J connectivity index is 0.000000173. The van der Waals surface area contributed by atoms with Crippen LogP contribution in [0.4, 0.5) is 18.9 Å². The van der Waals surface area contributed by atoms with Gasteiger partial charge in [-0.1, -0.05) is 152 Å². The number of pyridine rings is 3.